The molecule has 0 saturated carbocycles. The van der Waals surface area contributed by atoms with E-state index >= 15 is 4.39 Å². The summed E-state index contributed by atoms with van der Waals surface area (Å²) in [5.74, 6) is -0.314. The molecule has 222 valence electrons. The van der Waals surface area contributed by atoms with Gasteiger partial charge in [-0.25, -0.2) is 24.1 Å². The van der Waals surface area contributed by atoms with Crippen molar-refractivity contribution >= 4 is 17.1 Å². The molecule has 1 aliphatic heterocycles. The molecule has 5 rings (SSSR count). The molecule has 4 heterocycles. The van der Waals surface area contributed by atoms with E-state index in [0.717, 1.165) is 17.6 Å². The minimum atomic E-state index is -4.68. The summed E-state index contributed by atoms with van der Waals surface area (Å²) in [7, 11) is 0. The van der Waals surface area contributed by atoms with E-state index in [1.165, 1.54) is 6.07 Å². The van der Waals surface area contributed by atoms with Crippen molar-refractivity contribution < 1.29 is 27.1 Å². The Balaban J connectivity index is 1.29. The first-order valence-electron chi connectivity index (χ1n) is 13.5. The molecular weight excluding hydrogens is 554 g/mol. The third kappa shape index (κ3) is 6.51. The normalized spacial score (nSPS) is 15.7. The van der Waals surface area contributed by atoms with Gasteiger partial charge in [-0.15, -0.1) is 0 Å². The topological polar surface area (TPSA) is 100 Å². The molecule has 1 N–H and O–H groups in total. The van der Waals surface area contributed by atoms with Gasteiger partial charge in [0.25, 0.3) is 0 Å². The van der Waals surface area contributed by atoms with Crippen molar-refractivity contribution in [3.05, 3.63) is 71.4 Å². The number of aromatic amines is 1. The minimum Gasteiger partial charge on any atom is -0.444 e. The number of carbonyl (C=O) groups excluding carboxylic acids is 1. The zero-order valence-electron chi connectivity index (χ0n) is 23.7. The van der Waals surface area contributed by atoms with E-state index in [-0.39, 0.29) is 28.9 Å². The van der Waals surface area contributed by atoms with Gasteiger partial charge in [-0.1, -0.05) is 0 Å². The number of aromatic nitrogens is 5. The Labute approximate surface area is 240 Å². The maximum atomic E-state index is 15.4. The zero-order valence-corrected chi connectivity index (χ0v) is 23.7. The van der Waals surface area contributed by atoms with E-state index < -0.39 is 23.3 Å². The monoisotopic (exact) mass is 585 g/mol. The molecule has 4 aromatic rings. The molecule has 1 amide bonds. The number of fused-ring (bicyclic) bond motifs is 1. The van der Waals surface area contributed by atoms with Gasteiger partial charge in [-0.3, -0.25) is 9.88 Å². The number of amides is 1. The number of piperazine rings is 1. The van der Waals surface area contributed by atoms with Crippen LogP contribution in [0.15, 0.2) is 42.9 Å². The van der Waals surface area contributed by atoms with Crippen molar-refractivity contribution in [3.8, 4) is 11.3 Å². The second-order valence-electron chi connectivity index (χ2n) is 11.2. The summed E-state index contributed by atoms with van der Waals surface area (Å²) in [6, 6.07) is 7.62. The molecule has 9 nitrogen and oxygen atoms in total. The lowest BCUT2D eigenvalue weighted by molar-refractivity contribution is -0.141. The molecule has 0 spiro atoms. The summed E-state index contributed by atoms with van der Waals surface area (Å²) in [5.41, 5.74) is 0.188. The van der Waals surface area contributed by atoms with Gasteiger partial charge in [0.1, 0.15) is 29.0 Å². The molecule has 0 radical (unpaired) electrons. The van der Waals surface area contributed by atoms with E-state index in [4.69, 9.17) is 4.74 Å². The third-order valence-corrected chi connectivity index (χ3v) is 7.06. The standard InChI is InChI=1S/C29H31F4N7O2/c1-17(39-9-11-40(12-10-39)27(41)42-28(2,3)4)18-7-8-34-19(13-18)14-24-37-21-6-5-20(25(30)26(21)38-24)22-15-23(29(31,32)33)36-16-35-22/h5-8,13,15-17H,9-12,14H2,1-4H3,(H,37,38). The number of imidazole rings is 1. The fourth-order valence-electron chi connectivity index (χ4n) is 4.89. The van der Waals surface area contributed by atoms with E-state index in [0.29, 0.717) is 50.0 Å². The van der Waals surface area contributed by atoms with Crippen LogP contribution in [0, 0.1) is 5.82 Å². The second kappa shape index (κ2) is 11.3. The third-order valence-electron chi connectivity index (χ3n) is 7.06. The molecular formula is C29H31F4N7O2. The first-order valence-corrected chi connectivity index (χ1v) is 13.5. The fourth-order valence-corrected chi connectivity index (χ4v) is 4.89. The van der Waals surface area contributed by atoms with E-state index in [1.807, 2.05) is 32.9 Å². The maximum Gasteiger partial charge on any atom is 0.433 e. The molecule has 1 aromatic carbocycles. The van der Waals surface area contributed by atoms with Crippen LogP contribution < -0.4 is 0 Å². The number of ether oxygens (including phenoxy) is 1. The van der Waals surface area contributed by atoms with Crippen molar-refractivity contribution in [3.63, 3.8) is 0 Å². The highest BCUT2D eigenvalue weighted by atomic mass is 19.4. The quantitative estimate of drug-likeness (QED) is 0.297. The SMILES string of the molecule is CC(c1ccnc(Cc2nc3c(F)c(-c4cc(C(F)(F)F)ncn4)ccc3[nH]2)c1)N1CCN(C(=O)OC(C)(C)C)CC1. The summed E-state index contributed by atoms with van der Waals surface area (Å²) in [4.78, 5) is 35.4. The van der Waals surface area contributed by atoms with Crippen LogP contribution in [0.4, 0.5) is 22.4 Å². The van der Waals surface area contributed by atoms with Crippen LogP contribution >= 0.6 is 0 Å². The Bertz CT molecular complexity index is 1590. The summed E-state index contributed by atoms with van der Waals surface area (Å²) < 4.78 is 60.2. The lowest BCUT2D eigenvalue weighted by Crippen LogP contribution is -2.50. The number of carbonyl (C=O) groups is 1. The summed E-state index contributed by atoms with van der Waals surface area (Å²) >= 11 is 0. The number of alkyl halides is 3. The van der Waals surface area contributed by atoms with Crippen LogP contribution in [0.5, 0.6) is 0 Å². The van der Waals surface area contributed by atoms with Crippen LogP contribution in [0.2, 0.25) is 0 Å². The van der Waals surface area contributed by atoms with Gasteiger partial charge in [0.2, 0.25) is 0 Å². The smallest absolute Gasteiger partial charge is 0.433 e. The van der Waals surface area contributed by atoms with Gasteiger partial charge >= 0.3 is 12.3 Å². The maximum absolute atomic E-state index is 15.4. The van der Waals surface area contributed by atoms with Crippen molar-refractivity contribution in [1.82, 2.24) is 34.7 Å². The number of H-pyrrole nitrogens is 1. The average Bonchev–Trinajstić information content (AvgIpc) is 3.35. The largest absolute Gasteiger partial charge is 0.444 e. The van der Waals surface area contributed by atoms with Crippen molar-refractivity contribution in [2.24, 2.45) is 0 Å². The number of nitrogens with zero attached hydrogens (tertiary/aromatic N) is 6. The Hall–Kier alpha value is -4.13. The highest BCUT2D eigenvalue weighted by Gasteiger charge is 2.33. The number of halogens is 4. The Morgan fingerprint density at radius 2 is 1.79 bits per heavy atom. The molecule has 13 heteroatoms. The van der Waals surface area contributed by atoms with Crippen LogP contribution in [0.1, 0.15) is 56.5 Å². The van der Waals surface area contributed by atoms with Crippen LogP contribution in [0.3, 0.4) is 0 Å². The van der Waals surface area contributed by atoms with Crippen LogP contribution in [-0.2, 0) is 17.3 Å². The molecule has 1 aliphatic rings. The van der Waals surface area contributed by atoms with Crippen LogP contribution in [-0.4, -0.2) is 72.6 Å². The number of hydrogen-bond donors (Lipinski definition) is 1. The van der Waals surface area contributed by atoms with Crippen LogP contribution in [0.25, 0.3) is 22.3 Å². The Morgan fingerprint density at radius 3 is 2.48 bits per heavy atom. The van der Waals surface area contributed by atoms with Gasteiger partial charge in [0.15, 0.2) is 5.82 Å². The molecule has 1 fully saturated rings. The first-order chi connectivity index (χ1) is 19.8. The second-order valence-corrected chi connectivity index (χ2v) is 11.2. The highest BCUT2D eigenvalue weighted by molar-refractivity contribution is 5.82. The summed E-state index contributed by atoms with van der Waals surface area (Å²) in [6.07, 6.45) is -2.21. The Kier molecular flexibility index (Phi) is 7.88. The minimum absolute atomic E-state index is 0.00190. The first kappa shape index (κ1) is 29.4. The lowest BCUT2D eigenvalue weighted by Gasteiger charge is -2.38. The number of nitrogens with one attached hydrogen (secondary N) is 1. The molecule has 1 saturated heterocycles. The van der Waals surface area contributed by atoms with Gasteiger partial charge in [-0.2, -0.15) is 13.2 Å². The molecule has 0 bridgehead atoms. The summed E-state index contributed by atoms with van der Waals surface area (Å²) in [6.45, 7) is 10.2. The average molecular weight is 586 g/mol. The van der Waals surface area contributed by atoms with E-state index in [9.17, 15) is 18.0 Å². The number of rotatable bonds is 5. The number of pyridine rings is 1. The highest BCUT2D eigenvalue weighted by Crippen LogP contribution is 2.32. The Morgan fingerprint density at radius 1 is 1.05 bits per heavy atom. The number of hydrogen-bond acceptors (Lipinski definition) is 7. The van der Waals surface area contributed by atoms with Gasteiger partial charge in [0.05, 0.1) is 11.2 Å². The van der Waals surface area contributed by atoms with Gasteiger partial charge < -0.3 is 14.6 Å². The van der Waals surface area contributed by atoms with Crippen molar-refractivity contribution in [1.29, 1.82) is 0 Å². The molecule has 3 aromatic heterocycles. The predicted octanol–water partition coefficient (Wildman–Crippen LogP) is 5.78. The zero-order chi connectivity index (χ0) is 30.2. The molecule has 1 unspecified atom stereocenters. The molecule has 1 atom stereocenters. The summed E-state index contributed by atoms with van der Waals surface area (Å²) in [5, 5.41) is 0. The molecule has 42 heavy (non-hydrogen) atoms. The fraction of sp³-hybridized carbons (Fsp3) is 0.414. The van der Waals surface area contributed by atoms with E-state index in [1.54, 1.807) is 17.2 Å². The van der Waals surface area contributed by atoms with E-state index in [2.05, 4.69) is 36.7 Å². The van der Waals surface area contributed by atoms with Crippen molar-refractivity contribution in [2.75, 3.05) is 26.2 Å². The van der Waals surface area contributed by atoms with Gasteiger partial charge in [0, 0.05) is 56.1 Å². The van der Waals surface area contributed by atoms with Gasteiger partial charge in [-0.05, 0) is 63.6 Å². The number of benzene rings is 1. The predicted molar refractivity (Wildman–Crippen MR) is 147 cm³/mol. The molecule has 0 aliphatic carbocycles. The lowest BCUT2D eigenvalue weighted by atomic mass is 10.1. The van der Waals surface area contributed by atoms with Crippen molar-refractivity contribution in [2.45, 2.75) is 51.9 Å².